The summed E-state index contributed by atoms with van der Waals surface area (Å²) in [5.41, 5.74) is 1.68. The van der Waals surface area contributed by atoms with Gasteiger partial charge in [0.25, 0.3) is 11.8 Å². The number of hydrogen-bond donors (Lipinski definition) is 0. The van der Waals surface area contributed by atoms with E-state index in [0.29, 0.717) is 33.5 Å². The number of methoxy groups -OCH3 is 1. The van der Waals surface area contributed by atoms with Crippen molar-refractivity contribution in [3.8, 4) is 11.5 Å². The fourth-order valence-electron chi connectivity index (χ4n) is 4.25. The highest BCUT2D eigenvalue weighted by atomic mass is 35.5. The van der Waals surface area contributed by atoms with Crippen molar-refractivity contribution < 1.29 is 23.9 Å². The van der Waals surface area contributed by atoms with Gasteiger partial charge in [0.05, 0.1) is 23.5 Å². The molecule has 4 aromatic rings. The Bertz CT molecular complexity index is 1560. The number of rotatable bonds is 7. The van der Waals surface area contributed by atoms with E-state index < -0.39 is 17.8 Å². The maximum absolute atomic E-state index is 13.6. The molecule has 0 spiro atoms. The van der Waals surface area contributed by atoms with Crippen LogP contribution in [-0.4, -0.2) is 25.0 Å². The maximum atomic E-state index is 13.6. The standard InChI is InChI=1S/C31H22Cl2N2O5/c1-39-27-18-21(17-26(33)28(27)40-19-20-9-8-10-22(32)15-20)16-25-29(36)34(23-11-4-2-5-12-23)31(38)35(30(25)37)24-13-6-3-7-14-24/h2-18H,19H2,1H3. The zero-order valence-corrected chi connectivity index (χ0v) is 22.7. The van der Waals surface area contributed by atoms with E-state index in [1.165, 1.54) is 13.2 Å². The molecule has 0 saturated carbocycles. The summed E-state index contributed by atoms with van der Waals surface area (Å²) in [6, 6.07) is 26.4. The number of carbonyl (C=O) groups excluding carboxylic acids is 3. The molecule has 0 radical (unpaired) electrons. The van der Waals surface area contributed by atoms with Gasteiger partial charge in [-0.15, -0.1) is 0 Å². The van der Waals surface area contributed by atoms with Crippen LogP contribution >= 0.6 is 23.2 Å². The Morgan fingerprint density at radius 3 is 1.90 bits per heavy atom. The van der Waals surface area contributed by atoms with Gasteiger partial charge in [0, 0.05) is 5.02 Å². The highest BCUT2D eigenvalue weighted by molar-refractivity contribution is 6.46. The number of ether oxygens (including phenoxy) is 2. The zero-order chi connectivity index (χ0) is 28.2. The van der Waals surface area contributed by atoms with Crippen LogP contribution in [0.5, 0.6) is 11.5 Å². The van der Waals surface area contributed by atoms with Gasteiger partial charge in [-0.2, -0.15) is 0 Å². The molecular formula is C31H22Cl2N2O5. The Kier molecular flexibility index (Phi) is 7.86. The first-order valence-electron chi connectivity index (χ1n) is 12.2. The molecule has 1 aliphatic rings. The number of imide groups is 2. The topological polar surface area (TPSA) is 76.2 Å². The van der Waals surface area contributed by atoms with Gasteiger partial charge in [0.15, 0.2) is 11.5 Å². The van der Waals surface area contributed by atoms with Crippen LogP contribution in [0.15, 0.2) is 103 Å². The smallest absolute Gasteiger partial charge is 0.343 e. The van der Waals surface area contributed by atoms with Gasteiger partial charge in [0.1, 0.15) is 12.2 Å². The number of benzene rings is 4. The highest BCUT2D eigenvalue weighted by Gasteiger charge is 2.43. The molecule has 0 N–H and O–H groups in total. The first kappa shape index (κ1) is 27.0. The van der Waals surface area contributed by atoms with E-state index in [9.17, 15) is 14.4 Å². The molecule has 1 saturated heterocycles. The molecule has 0 aliphatic carbocycles. The largest absolute Gasteiger partial charge is 0.493 e. The second-order valence-electron chi connectivity index (χ2n) is 8.75. The molecule has 9 heteroatoms. The van der Waals surface area contributed by atoms with E-state index in [1.54, 1.807) is 84.9 Å². The SMILES string of the molecule is COc1cc(C=C2C(=O)N(c3ccccc3)C(=O)N(c3ccccc3)C2=O)cc(Cl)c1OCc1cccc(Cl)c1. The van der Waals surface area contributed by atoms with Crippen molar-refractivity contribution in [2.24, 2.45) is 0 Å². The number of carbonyl (C=O) groups is 3. The molecule has 5 rings (SSSR count). The van der Waals surface area contributed by atoms with Crippen molar-refractivity contribution in [3.63, 3.8) is 0 Å². The van der Waals surface area contributed by atoms with E-state index in [4.69, 9.17) is 32.7 Å². The summed E-state index contributed by atoms with van der Waals surface area (Å²) in [6.45, 7) is 0.189. The summed E-state index contributed by atoms with van der Waals surface area (Å²) in [7, 11) is 1.46. The average Bonchev–Trinajstić information content (AvgIpc) is 2.96. The maximum Gasteiger partial charge on any atom is 0.343 e. The van der Waals surface area contributed by atoms with Crippen molar-refractivity contribution in [2.45, 2.75) is 6.61 Å². The molecule has 0 aromatic heterocycles. The molecule has 1 aliphatic heterocycles. The Morgan fingerprint density at radius 2 is 1.35 bits per heavy atom. The number of hydrogen-bond acceptors (Lipinski definition) is 5. The minimum atomic E-state index is -0.773. The summed E-state index contributed by atoms with van der Waals surface area (Å²) in [4.78, 5) is 42.6. The molecule has 1 heterocycles. The predicted molar refractivity (Wildman–Crippen MR) is 155 cm³/mol. The first-order valence-corrected chi connectivity index (χ1v) is 12.9. The van der Waals surface area contributed by atoms with Gasteiger partial charge >= 0.3 is 6.03 Å². The highest BCUT2D eigenvalue weighted by Crippen LogP contribution is 2.38. The van der Waals surface area contributed by atoms with Gasteiger partial charge in [-0.1, -0.05) is 71.7 Å². The van der Waals surface area contributed by atoms with Crippen LogP contribution in [0.1, 0.15) is 11.1 Å². The number of nitrogens with zero attached hydrogens (tertiary/aromatic N) is 2. The Morgan fingerprint density at radius 1 is 0.750 bits per heavy atom. The second-order valence-corrected chi connectivity index (χ2v) is 9.59. The fraction of sp³-hybridized carbons (Fsp3) is 0.0645. The van der Waals surface area contributed by atoms with E-state index in [-0.39, 0.29) is 17.2 Å². The van der Waals surface area contributed by atoms with Crippen molar-refractivity contribution in [2.75, 3.05) is 16.9 Å². The van der Waals surface area contributed by atoms with Crippen LogP contribution in [0.3, 0.4) is 0 Å². The van der Waals surface area contributed by atoms with Crippen LogP contribution in [0, 0.1) is 0 Å². The van der Waals surface area contributed by atoms with Crippen LogP contribution in [0.25, 0.3) is 6.08 Å². The van der Waals surface area contributed by atoms with Crippen molar-refractivity contribution in [1.82, 2.24) is 0 Å². The number of anilines is 2. The van der Waals surface area contributed by atoms with Crippen LogP contribution < -0.4 is 19.3 Å². The molecule has 0 atom stereocenters. The minimum absolute atomic E-state index is 0.189. The molecule has 7 nitrogen and oxygen atoms in total. The molecule has 4 aromatic carbocycles. The third-order valence-corrected chi connectivity index (χ3v) is 6.63. The molecule has 0 unspecified atom stereocenters. The van der Waals surface area contributed by atoms with Crippen molar-refractivity contribution >= 4 is 58.5 Å². The van der Waals surface area contributed by atoms with E-state index in [2.05, 4.69) is 0 Å². The summed E-state index contributed by atoms with van der Waals surface area (Å²) >= 11 is 12.6. The molecule has 0 bridgehead atoms. The third-order valence-electron chi connectivity index (χ3n) is 6.11. The molecular weight excluding hydrogens is 551 g/mol. The number of halogens is 2. The number of para-hydroxylation sites is 2. The lowest BCUT2D eigenvalue weighted by atomic mass is 10.0. The minimum Gasteiger partial charge on any atom is -0.493 e. The Hall–Kier alpha value is -4.59. The van der Waals surface area contributed by atoms with E-state index in [1.807, 2.05) is 12.1 Å². The monoisotopic (exact) mass is 572 g/mol. The van der Waals surface area contributed by atoms with Gasteiger partial charge in [-0.05, 0) is 65.7 Å². The number of barbiturate groups is 1. The predicted octanol–water partition coefficient (Wildman–Crippen LogP) is 7.16. The first-order chi connectivity index (χ1) is 19.4. The summed E-state index contributed by atoms with van der Waals surface area (Å²) in [5.74, 6) is -0.929. The Balaban J connectivity index is 1.54. The number of urea groups is 1. The van der Waals surface area contributed by atoms with Crippen molar-refractivity contribution in [1.29, 1.82) is 0 Å². The molecule has 4 amide bonds. The fourth-order valence-corrected chi connectivity index (χ4v) is 4.74. The Labute approximate surface area is 240 Å². The molecule has 200 valence electrons. The van der Waals surface area contributed by atoms with E-state index in [0.717, 1.165) is 15.4 Å². The quantitative estimate of drug-likeness (QED) is 0.173. The van der Waals surface area contributed by atoms with Gasteiger partial charge in [-0.3, -0.25) is 9.59 Å². The van der Waals surface area contributed by atoms with Gasteiger partial charge < -0.3 is 9.47 Å². The van der Waals surface area contributed by atoms with Gasteiger partial charge in [0.2, 0.25) is 0 Å². The second kappa shape index (κ2) is 11.7. The van der Waals surface area contributed by atoms with Gasteiger partial charge in [-0.25, -0.2) is 14.6 Å². The third kappa shape index (κ3) is 5.43. The lowest BCUT2D eigenvalue weighted by molar-refractivity contribution is -0.121. The molecule has 40 heavy (non-hydrogen) atoms. The summed E-state index contributed by atoms with van der Waals surface area (Å²) in [5, 5.41) is 0.787. The van der Waals surface area contributed by atoms with E-state index >= 15 is 0 Å². The van der Waals surface area contributed by atoms with Crippen LogP contribution in [0.2, 0.25) is 10.0 Å². The average molecular weight is 573 g/mol. The van der Waals surface area contributed by atoms with Crippen LogP contribution in [0.4, 0.5) is 16.2 Å². The summed E-state index contributed by atoms with van der Waals surface area (Å²) < 4.78 is 11.4. The normalized spacial score (nSPS) is 13.5. The lowest BCUT2D eigenvalue weighted by Gasteiger charge is -2.34. The number of amides is 4. The van der Waals surface area contributed by atoms with Crippen LogP contribution in [-0.2, 0) is 16.2 Å². The van der Waals surface area contributed by atoms with Crippen molar-refractivity contribution in [3.05, 3.63) is 124 Å². The summed E-state index contributed by atoms with van der Waals surface area (Å²) in [6.07, 6.45) is 1.39. The lowest BCUT2D eigenvalue weighted by Crippen LogP contribution is -2.57. The molecule has 1 fully saturated rings. The zero-order valence-electron chi connectivity index (χ0n) is 21.2.